The number of hydrogen-bond donors (Lipinski definition) is 0. The van der Waals surface area contributed by atoms with Gasteiger partial charge in [-0.15, -0.1) is 0 Å². The van der Waals surface area contributed by atoms with Crippen LogP contribution < -0.4 is 23.7 Å². The van der Waals surface area contributed by atoms with Crippen molar-refractivity contribution in [2.45, 2.75) is 130 Å². The Morgan fingerprint density at radius 2 is 0.605 bits per heavy atom. The summed E-state index contributed by atoms with van der Waals surface area (Å²) >= 11 is 0. The Kier molecular flexibility index (Phi) is 30.9. The number of thiophene rings is 1. The molecule has 3 atom stereocenters. The van der Waals surface area contributed by atoms with Crippen molar-refractivity contribution < 1.29 is 51.6 Å². The molecule has 6 heterocycles. The molecule has 17 heteroatoms. The van der Waals surface area contributed by atoms with Gasteiger partial charge in [-0.25, -0.2) is 18.4 Å². The molecule has 0 saturated carbocycles. The van der Waals surface area contributed by atoms with Crippen molar-refractivity contribution in [2.75, 3.05) is 46.0 Å². The Hall–Kier alpha value is -13.8. The van der Waals surface area contributed by atoms with Crippen molar-refractivity contribution in [1.29, 1.82) is 0 Å². The standard InChI is InChI=1S/C29H27O2S.C28H23O2S.C19H21O2S.C18H12FOS.C18H12FS.C18H19O2S/c30-29(28-24-14-6-2-10-20(24)21-11-3-7-15-25(21)28)31-26-16-17-27(32-18-8-1-9-19-32)23-13-5-4-12-22(23)26;29-28(27-23-13-5-1-9-19(23)20-10-2-6-14-24(20)27)30-25-15-16-26(31-17-7-8-18-31)22-12-4-3-11-21(22)25;1-14(2)19(20)21-17-10-11-18(22-12-6-3-7-13-22)16-9-5-4-8-15(16)17;19-13-9-11-14(12-10-13)21-17-7-3-1-5-15(17)20-16-6-2-4-8-18(16)21;19-13-9-11-14(12-10-13)20-17-7-3-1-5-15(17)16-6-2-4-8-18(16)20;1-13(2)18(19)20-16-9-10-17(21-11-5-6-12-21)15-8-4-3-7-14(15)16/h2-7,10-17,20,24,28H,1,8-9,18-19H2;1-6,9-16,27H,7-8,17-18H2;4-5,8-11H,1,3,6-7,12-13H2,2H3;1-12H;1-12H;3-4,7-10H,1,5-6,11-12H2,2H3/q6*+1. The first kappa shape index (κ1) is 99.2. The number of allylic oxidation sites excluding steroid dienone is 4. The van der Waals surface area contributed by atoms with Gasteiger partial charge in [0, 0.05) is 143 Å². The highest BCUT2D eigenvalue weighted by Gasteiger charge is 2.46. The molecule has 0 bridgehead atoms. The zero-order valence-corrected chi connectivity index (χ0v) is 87.2. The molecule has 26 rings (SSSR count). The van der Waals surface area contributed by atoms with Crippen LogP contribution in [0.25, 0.3) is 79.3 Å². The first-order valence-electron chi connectivity index (χ1n) is 50.7. The molecular formula is C130H114F2O9S6+6. The molecule has 0 spiro atoms. The molecule has 5 aliphatic heterocycles. The van der Waals surface area contributed by atoms with Crippen LogP contribution in [0, 0.1) is 17.6 Å². The predicted octanol–water partition coefficient (Wildman–Crippen LogP) is 32.3. The Bertz CT molecular complexity index is 7920. The normalized spacial score (nSPS) is 16.6. The number of rotatable bonds is 14. The predicted molar refractivity (Wildman–Crippen MR) is 610 cm³/mol. The Labute approximate surface area is 875 Å². The van der Waals surface area contributed by atoms with Gasteiger partial charge in [-0.2, -0.15) is 0 Å². The first-order chi connectivity index (χ1) is 72.1. The van der Waals surface area contributed by atoms with Crippen molar-refractivity contribution in [3.63, 3.8) is 0 Å². The van der Waals surface area contributed by atoms with Crippen LogP contribution in [0.1, 0.15) is 118 Å². The van der Waals surface area contributed by atoms with E-state index in [2.05, 4.69) is 213 Å². The quantitative estimate of drug-likeness (QED) is 0.0454. The highest BCUT2D eigenvalue weighted by molar-refractivity contribution is 7.98. The molecule has 0 radical (unpaired) electrons. The number of halogens is 2. The van der Waals surface area contributed by atoms with Crippen molar-refractivity contribution in [3.8, 4) is 50.5 Å². The lowest BCUT2D eigenvalue weighted by Crippen LogP contribution is -2.24. The van der Waals surface area contributed by atoms with E-state index in [4.69, 9.17) is 23.7 Å². The summed E-state index contributed by atoms with van der Waals surface area (Å²) < 4.78 is 58.3. The van der Waals surface area contributed by atoms with Gasteiger partial charge in [0.2, 0.25) is 9.79 Å². The third-order valence-electron chi connectivity index (χ3n) is 28.3. The SMILES string of the molecule is C=C(C)C(=O)Oc1ccc([S+]2CCCC2)c2ccccc12.C=C(C)C(=O)Oc1ccc([S+]2CCCCC2)c2ccccc12.Fc1ccc(-[s+]2c3ccccc3c3ccccc32)cc1.Fc1ccc([S+]2c3ccccc3Oc3ccccc32)cc1.O=C(Oc1ccc([S+]2CCCC2)c2ccccc12)C1c2ccccc2-c2ccccc21.O=C(Oc1ccc([S+]2CCCCC2)c2ccccc12)C1c2ccccc2C2C=CC=CC21. The van der Waals surface area contributed by atoms with Crippen molar-refractivity contribution >= 4 is 152 Å². The Balaban J connectivity index is 0.000000105. The second-order valence-corrected chi connectivity index (χ2v) is 50.7. The number of hydrogen-bond acceptors (Lipinski definition) is 9. The van der Waals surface area contributed by atoms with Crippen LogP contribution in [0.2, 0.25) is 0 Å². The topological polar surface area (TPSA) is 114 Å². The summed E-state index contributed by atoms with van der Waals surface area (Å²) in [5.41, 5.74) is 7.50. The second kappa shape index (κ2) is 45.7. The Morgan fingerprint density at radius 3 is 1.01 bits per heavy atom. The molecular weight excluding hydrogens is 1940 g/mol. The van der Waals surface area contributed by atoms with Gasteiger partial charge in [-0.3, -0.25) is 9.59 Å². The molecule has 4 saturated heterocycles. The van der Waals surface area contributed by atoms with Crippen LogP contribution in [0.3, 0.4) is 0 Å². The number of carbonyl (C=O) groups excluding carboxylic acids is 4. The van der Waals surface area contributed by atoms with E-state index < -0.39 is 0 Å². The highest BCUT2D eigenvalue weighted by atomic mass is 32.2. The van der Waals surface area contributed by atoms with Gasteiger partial charge in [0.05, 0.1) is 5.92 Å². The average molecular weight is 2050 g/mol. The third kappa shape index (κ3) is 21.3. The fraction of sp³-hybridized carbons (Fsp3) is 0.185. The smallest absolute Gasteiger partial charge is 0.338 e. The number of ether oxygens (including phenoxy) is 5. The van der Waals surface area contributed by atoms with Gasteiger partial charge >= 0.3 is 23.9 Å². The lowest BCUT2D eigenvalue weighted by Gasteiger charge is -2.22. The van der Waals surface area contributed by atoms with Crippen LogP contribution in [0.15, 0.2) is 447 Å². The molecule has 17 aromatic carbocycles. The second-order valence-electron chi connectivity index (χ2n) is 37.8. The van der Waals surface area contributed by atoms with E-state index in [1.54, 1.807) is 26.0 Å². The zero-order chi connectivity index (χ0) is 100. The van der Waals surface area contributed by atoms with Gasteiger partial charge in [0.1, 0.15) is 97.5 Å². The molecule has 3 aliphatic carbocycles. The summed E-state index contributed by atoms with van der Waals surface area (Å²) in [6.07, 6.45) is 21.8. The maximum Gasteiger partial charge on any atom is 0.338 e. The van der Waals surface area contributed by atoms with E-state index in [9.17, 15) is 28.0 Å². The minimum Gasteiger partial charge on any atom is -0.447 e. The minimum atomic E-state index is -0.387. The van der Waals surface area contributed by atoms with Gasteiger partial charge in [-0.1, -0.05) is 232 Å². The van der Waals surface area contributed by atoms with E-state index in [1.165, 1.54) is 194 Å². The van der Waals surface area contributed by atoms with Gasteiger partial charge in [-0.05, 0) is 269 Å². The largest absolute Gasteiger partial charge is 0.447 e. The zero-order valence-electron chi connectivity index (χ0n) is 82.3. The van der Waals surface area contributed by atoms with E-state index in [0.29, 0.717) is 77.7 Å². The summed E-state index contributed by atoms with van der Waals surface area (Å²) in [4.78, 5) is 60.9. The average Bonchev–Trinajstić information content (AvgIpc) is 1.64. The van der Waals surface area contributed by atoms with E-state index >= 15 is 0 Å². The molecule has 9 nitrogen and oxygen atoms in total. The van der Waals surface area contributed by atoms with E-state index in [0.717, 1.165) is 75.5 Å². The van der Waals surface area contributed by atoms with Crippen LogP contribution in [0.5, 0.6) is 34.5 Å². The fourth-order valence-electron chi connectivity index (χ4n) is 21.3. The molecule has 732 valence electrons. The van der Waals surface area contributed by atoms with Crippen LogP contribution in [-0.2, 0) is 73.7 Å². The Morgan fingerprint density at radius 1 is 0.293 bits per heavy atom. The molecule has 18 aromatic rings. The lowest BCUT2D eigenvalue weighted by atomic mass is 9.84. The van der Waals surface area contributed by atoms with Crippen LogP contribution in [-0.4, -0.2) is 69.9 Å². The fourth-order valence-corrected chi connectivity index (χ4v) is 35.9. The minimum absolute atomic E-state index is 0.115. The molecule has 0 amide bonds. The first-order valence-corrected chi connectivity index (χ1v) is 59.4. The van der Waals surface area contributed by atoms with Gasteiger partial charge in [0.25, 0.3) is 0 Å². The van der Waals surface area contributed by atoms with Crippen molar-refractivity contribution in [1.82, 2.24) is 0 Å². The van der Waals surface area contributed by atoms with Crippen LogP contribution >= 0.6 is 10.5 Å². The lowest BCUT2D eigenvalue weighted by molar-refractivity contribution is -0.137. The number of carbonyl (C=O) groups is 4. The number of fused-ring (bicyclic) bond motifs is 15. The summed E-state index contributed by atoms with van der Waals surface area (Å²) in [7, 11) is 0.917. The van der Waals surface area contributed by atoms with Crippen molar-refractivity contribution in [3.05, 3.63) is 446 Å². The van der Waals surface area contributed by atoms with Crippen molar-refractivity contribution in [2.24, 2.45) is 5.92 Å². The summed E-state index contributed by atoms with van der Waals surface area (Å²) in [5, 5.41) is 11.6. The maximum absolute atomic E-state index is 13.6. The molecule has 147 heavy (non-hydrogen) atoms. The van der Waals surface area contributed by atoms with E-state index in [1.807, 2.05) is 164 Å². The summed E-state index contributed by atoms with van der Waals surface area (Å²) in [5.74, 6) is 12.9. The van der Waals surface area contributed by atoms with Crippen LogP contribution in [0.4, 0.5) is 8.78 Å². The molecule has 4 fully saturated rings. The summed E-state index contributed by atoms with van der Waals surface area (Å²) in [6.45, 7) is 10.6. The summed E-state index contributed by atoms with van der Waals surface area (Å²) in [6, 6.07) is 121. The number of esters is 4. The molecule has 8 aliphatic rings. The highest BCUT2D eigenvalue weighted by Crippen LogP contribution is 2.54. The number of para-hydroxylation sites is 2. The van der Waals surface area contributed by atoms with Gasteiger partial charge < -0.3 is 23.7 Å². The monoisotopic (exact) mass is 2050 g/mol. The maximum atomic E-state index is 13.6. The molecule has 3 unspecified atom stereocenters. The molecule has 1 aromatic heterocycles. The molecule has 0 N–H and O–H groups in total. The third-order valence-corrected chi connectivity index (χ3v) is 43.1. The number of benzene rings is 17. The van der Waals surface area contributed by atoms with E-state index in [-0.39, 0.29) is 80.5 Å². The van der Waals surface area contributed by atoms with Gasteiger partial charge in [0.15, 0.2) is 50.3 Å².